The van der Waals surface area contributed by atoms with Crippen molar-refractivity contribution in [2.75, 3.05) is 5.32 Å². The summed E-state index contributed by atoms with van der Waals surface area (Å²) < 4.78 is 0. The van der Waals surface area contributed by atoms with Crippen molar-refractivity contribution in [2.24, 2.45) is 0 Å². The van der Waals surface area contributed by atoms with Crippen LogP contribution in [-0.4, -0.2) is 9.97 Å². The molecule has 1 aromatic carbocycles. The van der Waals surface area contributed by atoms with Crippen LogP contribution in [0.1, 0.15) is 5.56 Å². The van der Waals surface area contributed by atoms with Crippen LogP contribution in [0.4, 0.5) is 11.6 Å². The lowest BCUT2D eigenvalue weighted by molar-refractivity contribution is 1.17. The van der Waals surface area contributed by atoms with Crippen LogP contribution in [0.2, 0.25) is 0 Å². The van der Waals surface area contributed by atoms with E-state index in [-0.39, 0.29) is 0 Å². The topological polar surface area (TPSA) is 37.8 Å². The number of nitrogens with one attached hydrogen (secondary N) is 1. The fourth-order valence-corrected chi connectivity index (χ4v) is 1.35. The SMILES string of the molecule is ClCc1ccc(Nc2ncccn2)cc1. The smallest absolute Gasteiger partial charge is 0.227 e. The first-order valence-corrected chi connectivity index (χ1v) is 5.11. The molecule has 0 fully saturated rings. The summed E-state index contributed by atoms with van der Waals surface area (Å²) in [6.45, 7) is 0. The van der Waals surface area contributed by atoms with Gasteiger partial charge in [0.1, 0.15) is 0 Å². The molecule has 0 atom stereocenters. The number of aromatic nitrogens is 2. The molecule has 0 unspecified atom stereocenters. The number of anilines is 2. The monoisotopic (exact) mass is 219 g/mol. The van der Waals surface area contributed by atoms with Gasteiger partial charge < -0.3 is 5.32 Å². The molecular formula is C11H10ClN3. The Morgan fingerprint density at radius 2 is 1.73 bits per heavy atom. The highest BCUT2D eigenvalue weighted by atomic mass is 35.5. The van der Waals surface area contributed by atoms with E-state index in [2.05, 4.69) is 15.3 Å². The first-order valence-electron chi connectivity index (χ1n) is 4.57. The predicted molar refractivity (Wildman–Crippen MR) is 61.3 cm³/mol. The van der Waals surface area contributed by atoms with E-state index in [1.165, 1.54) is 0 Å². The molecule has 4 heteroatoms. The van der Waals surface area contributed by atoms with Crippen molar-refractivity contribution < 1.29 is 0 Å². The zero-order valence-corrected chi connectivity index (χ0v) is 8.78. The van der Waals surface area contributed by atoms with E-state index in [0.717, 1.165) is 11.3 Å². The summed E-state index contributed by atoms with van der Waals surface area (Å²) in [5.74, 6) is 1.12. The Hall–Kier alpha value is -1.61. The zero-order chi connectivity index (χ0) is 10.5. The number of alkyl halides is 1. The molecule has 76 valence electrons. The summed E-state index contributed by atoms with van der Waals surface area (Å²) in [7, 11) is 0. The number of halogens is 1. The van der Waals surface area contributed by atoms with Gasteiger partial charge >= 0.3 is 0 Å². The van der Waals surface area contributed by atoms with Gasteiger partial charge in [-0.1, -0.05) is 12.1 Å². The summed E-state index contributed by atoms with van der Waals surface area (Å²) in [6, 6.07) is 9.63. The lowest BCUT2D eigenvalue weighted by Crippen LogP contribution is -1.95. The molecular weight excluding hydrogens is 210 g/mol. The second-order valence-corrected chi connectivity index (χ2v) is 3.30. The standard InChI is InChI=1S/C11H10ClN3/c12-8-9-2-4-10(5-3-9)15-11-13-6-1-7-14-11/h1-7H,8H2,(H,13,14,15). The van der Waals surface area contributed by atoms with E-state index in [4.69, 9.17) is 11.6 Å². The molecule has 0 spiro atoms. The number of rotatable bonds is 3. The lowest BCUT2D eigenvalue weighted by Gasteiger charge is -2.04. The predicted octanol–water partition coefficient (Wildman–Crippen LogP) is 2.96. The third kappa shape index (κ3) is 2.67. The molecule has 1 N–H and O–H groups in total. The summed E-state index contributed by atoms with van der Waals surface area (Å²) in [4.78, 5) is 8.14. The summed E-state index contributed by atoms with van der Waals surface area (Å²) in [5.41, 5.74) is 2.05. The minimum Gasteiger partial charge on any atom is -0.324 e. The van der Waals surface area contributed by atoms with Crippen molar-refractivity contribution >= 4 is 23.2 Å². The van der Waals surface area contributed by atoms with E-state index in [9.17, 15) is 0 Å². The Morgan fingerprint density at radius 1 is 1.07 bits per heavy atom. The Balaban J connectivity index is 2.11. The van der Waals surface area contributed by atoms with Gasteiger partial charge in [0.15, 0.2) is 0 Å². The second-order valence-electron chi connectivity index (χ2n) is 3.03. The van der Waals surface area contributed by atoms with Crippen LogP contribution in [-0.2, 0) is 5.88 Å². The highest BCUT2D eigenvalue weighted by Gasteiger charge is 1.95. The fourth-order valence-electron chi connectivity index (χ4n) is 1.17. The molecule has 0 radical (unpaired) electrons. The minimum absolute atomic E-state index is 0.530. The van der Waals surface area contributed by atoms with Crippen molar-refractivity contribution in [1.82, 2.24) is 9.97 Å². The Kier molecular flexibility index (Phi) is 3.15. The lowest BCUT2D eigenvalue weighted by atomic mass is 10.2. The van der Waals surface area contributed by atoms with Crippen LogP contribution >= 0.6 is 11.6 Å². The molecule has 0 aliphatic rings. The van der Waals surface area contributed by atoms with Crippen LogP contribution in [0.5, 0.6) is 0 Å². The average molecular weight is 220 g/mol. The van der Waals surface area contributed by atoms with Crippen LogP contribution in [0.15, 0.2) is 42.7 Å². The molecule has 2 aromatic rings. The largest absolute Gasteiger partial charge is 0.324 e. The molecule has 3 nitrogen and oxygen atoms in total. The second kappa shape index (κ2) is 4.75. The Bertz CT molecular complexity index is 414. The van der Waals surface area contributed by atoms with Gasteiger partial charge in [0, 0.05) is 24.0 Å². The fraction of sp³-hybridized carbons (Fsp3) is 0.0909. The van der Waals surface area contributed by atoms with Gasteiger partial charge in [-0.25, -0.2) is 9.97 Å². The molecule has 1 heterocycles. The first kappa shape index (κ1) is 9.93. The molecule has 2 rings (SSSR count). The first-order chi connectivity index (χ1) is 7.38. The van der Waals surface area contributed by atoms with E-state index in [1.807, 2.05) is 24.3 Å². The van der Waals surface area contributed by atoms with Crippen LogP contribution in [0.3, 0.4) is 0 Å². The van der Waals surface area contributed by atoms with Gasteiger partial charge in [0.05, 0.1) is 0 Å². The third-order valence-corrected chi connectivity index (χ3v) is 2.24. The highest BCUT2D eigenvalue weighted by Crippen LogP contribution is 2.14. The van der Waals surface area contributed by atoms with E-state index in [1.54, 1.807) is 18.5 Å². The number of nitrogens with zero attached hydrogens (tertiary/aromatic N) is 2. The van der Waals surface area contributed by atoms with Gasteiger partial charge in [-0.3, -0.25) is 0 Å². The Labute approximate surface area is 93.1 Å². The van der Waals surface area contributed by atoms with Crippen molar-refractivity contribution in [2.45, 2.75) is 5.88 Å². The molecule has 0 amide bonds. The van der Waals surface area contributed by atoms with E-state index < -0.39 is 0 Å². The molecule has 0 aliphatic heterocycles. The van der Waals surface area contributed by atoms with E-state index >= 15 is 0 Å². The van der Waals surface area contributed by atoms with Crippen LogP contribution in [0, 0.1) is 0 Å². The van der Waals surface area contributed by atoms with Crippen LogP contribution in [0.25, 0.3) is 0 Å². The Morgan fingerprint density at radius 3 is 2.33 bits per heavy atom. The van der Waals surface area contributed by atoms with Crippen LogP contribution < -0.4 is 5.32 Å². The highest BCUT2D eigenvalue weighted by molar-refractivity contribution is 6.17. The average Bonchev–Trinajstić information content (AvgIpc) is 2.31. The van der Waals surface area contributed by atoms with Crippen molar-refractivity contribution in [3.05, 3.63) is 48.3 Å². The van der Waals surface area contributed by atoms with Crippen molar-refractivity contribution in [1.29, 1.82) is 0 Å². The molecule has 0 saturated carbocycles. The van der Waals surface area contributed by atoms with E-state index in [0.29, 0.717) is 11.8 Å². The van der Waals surface area contributed by atoms with Crippen molar-refractivity contribution in [3.63, 3.8) is 0 Å². The normalized spacial score (nSPS) is 9.93. The maximum Gasteiger partial charge on any atom is 0.227 e. The van der Waals surface area contributed by atoms with Gasteiger partial charge in [0.25, 0.3) is 0 Å². The number of hydrogen-bond acceptors (Lipinski definition) is 3. The summed E-state index contributed by atoms with van der Waals surface area (Å²) in [5, 5.41) is 3.09. The quantitative estimate of drug-likeness (QED) is 0.807. The molecule has 0 aliphatic carbocycles. The molecule has 15 heavy (non-hydrogen) atoms. The van der Waals surface area contributed by atoms with Gasteiger partial charge in [-0.05, 0) is 23.8 Å². The molecule has 1 aromatic heterocycles. The summed E-state index contributed by atoms with van der Waals surface area (Å²) >= 11 is 5.69. The van der Waals surface area contributed by atoms with Gasteiger partial charge in [-0.15, -0.1) is 11.6 Å². The zero-order valence-electron chi connectivity index (χ0n) is 8.02. The van der Waals surface area contributed by atoms with Crippen molar-refractivity contribution in [3.8, 4) is 0 Å². The maximum absolute atomic E-state index is 5.69. The molecule has 0 bridgehead atoms. The molecule has 0 saturated heterocycles. The third-order valence-electron chi connectivity index (χ3n) is 1.93. The number of hydrogen-bond donors (Lipinski definition) is 1. The minimum atomic E-state index is 0.530. The number of benzene rings is 1. The van der Waals surface area contributed by atoms with Gasteiger partial charge in [-0.2, -0.15) is 0 Å². The maximum atomic E-state index is 5.69. The van der Waals surface area contributed by atoms with Gasteiger partial charge in [0.2, 0.25) is 5.95 Å². The summed E-state index contributed by atoms with van der Waals surface area (Å²) in [6.07, 6.45) is 3.39.